The molecule has 2 amide bonds. The van der Waals surface area contributed by atoms with E-state index in [4.69, 9.17) is 5.11 Å². The van der Waals surface area contributed by atoms with Crippen LogP contribution in [0, 0.1) is 5.82 Å². The van der Waals surface area contributed by atoms with Crippen molar-refractivity contribution in [1.82, 2.24) is 24.6 Å². The monoisotopic (exact) mass is 391 g/mol. The zero-order valence-electron chi connectivity index (χ0n) is 14.9. The van der Waals surface area contributed by atoms with Crippen LogP contribution in [0.5, 0.6) is 0 Å². The van der Waals surface area contributed by atoms with Gasteiger partial charge in [0.15, 0.2) is 0 Å². The van der Waals surface area contributed by atoms with Crippen molar-refractivity contribution < 1.29 is 23.5 Å². The van der Waals surface area contributed by atoms with Crippen LogP contribution in [0.1, 0.15) is 29.6 Å². The van der Waals surface area contributed by atoms with Gasteiger partial charge in [0.1, 0.15) is 30.3 Å². The SMILES string of the molecule is O=C(O)N1CC[C@@H](N(C(=O)c2ccc(-n3cncn3)c(F)c2)C2CC2)[C@@H](F)C1. The average molecular weight is 391 g/mol. The van der Waals surface area contributed by atoms with Crippen molar-refractivity contribution in [3.05, 3.63) is 42.2 Å². The van der Waals surface area contributed by atoms with E-state index in [9.17, 15) is 18.4 Å². The number of hydrogen-bond acceptors (Lipinski definition) is 4. The van der Waals surface area contributed by atoms with E-state index in [0.29, 0.717) is 0 Å². The Morgan fingerprint density at radius 1 is 1.25 bits per heavy atom. The first-order chi connectivity index (χ1) is 13.5. The molecular formula is C18H19F2N5O3. The molecule has 148 valence electrons. The van der Waals surface area contributed by atoms with Gasteiger partial charge in [-0.15, -0.1) is 0 Å². The number of likely N-dealkylation sites (tertiary alicyclic amines) is 1. The van der Waals surface area contributed by atoms with Gasteiger partial charge in [-0.3, -0.25) is 4.79 Å². The molecule has 1 aliphatic heterocycles. The molecule has 4 rings (SSSR count). The highest BCUT2D eigenvalue weighted by Gasteiger charge is 2.44. The molecule has 0 bridgehead atoms. The lowest BCUT2D eigenvalue weighted by Gasteiger charge is -2.40. The third kappa shape index (κ3) is 3.41. The molecule has 2 aromatic rings. The Morgan fingerprint density at radius 3 is 2.61 bits per heavy atom. The smallest absolute Gasteiger partial charge is 0.407 e. The number of aromatic nitrogens is 3. The summed E-state index contributed by atoms with van der Waals surface area (Å²) in [5.74, 6) is -1.08. The Morgan fingerprint density at radius 2 is 2.04 bits per heavy atom. The molecule has 2 heterocycles. The average Bonchev–Trinajstić information content (AvgIpc) is 3.35. The molecule has 8 nitrogen and oxygen atoms in total. The van der Waals surface area contributed by atoms with Gasteiger partial charge < -0.3 is 14.9 Å². The maximum absolute atomic E-state index is 14.7. The maximum atomic E-state index is 14.7. The van der Waals surface area contributed by atoms with Crippen LogP contribution in [-0.4, -0.2) is 73.0 Å². The van der Waals surface area contributed by atoms with Crippen LogP contribution >= 0.6 is 0 Å². The molecule has 1 saturated heterocycles. The van der Waals surface area contributed by atoms with Crippen molar-refractivity contribution >= 4 is 12.0 Å². The lowest BCUT2D eigenvalue weighted by molar-refractivity contribution is 0.0263. The topological polar surface area (TPSA) is 91.6 Å². The van der Waals surface area contributed by atoms with Crippen LogP contribution < -0.4 is 0 Å². The molecule has 1 aliphatic carbocycles. The fourth-order valence-corrected chi connectivity index (χ4v) is 3.63. The number of carbonyl (C=O) groups is 2. The first kappa shape index (κ1) is 18.3. The molecule has 2 atom stereocenters. The minimum Gasteiger partial charge on any atom is -0.465 e. The minimum absolute atomic E-state index is 0.0924. The van der Waals surface area contributed by atoms with E-state index in [0.717, 1.165) is 23.8 Å². The van der Waals surface area contributed by atoms with Crippen LogP contribution in [0.2, 0.25) is 0 Å². The van der Waals surface area contributed by atoms with Gasteiger partial charge in [0.2, 0.25) is 0 Å². The molecule has 1 saturated carbocycles. The van der Waals surface area contributed by atoms with Crippen molar-refractivity contribution in [2.75, 3.05) is 13.1 Å². The van der Waals surface area contributed by atoms with Gasteiger partial charge in [-0.05, 0) is 37.5 Å². The summed E-state index contributed by atoms with van der Waals surface area (Å²) in [6.07, 6.45) is 1.71. The quantitative estimate of drug-likeness (QED) is 0.862. The predicted octanol–water partition coefficient (Wildman–Crippen LogP) is 2.10. The van der Waals surface area contributed by atoms with E-state index in [1.807, 2.05) is 0 Å². The number of halogens is 2. The van der Waals surface area contributed by atoms with Crippen LogP contribution in [-0.2, 0) is 0 Å². The fraction of sp³-hybridized carbons (Fsp3) is 0.444. The fourth-order valence-electron chi connectivity index (χ4n) is 3.63. The summed E-state index contributed by atoms with van der Waals surface area (Å²) in [4.78, 5) is 30.4. The number of hydrogen-bond donors (Lipinski definition) is 1. The lowest BCUT2D eigenvalue weighted by Crippen LogP contribution is -2.55. The largest absolute Gasteiger partial charge is 0.465 e. The molecule has 10 heteroatoms. The number of piperidine rings is 1. The molecule has 2 aliphatic rings. The molecule has 0 spiro atoms. The molecule has 0 radical (unpaired) electrons. The summed E-state index contributed by atoms with van der Waals surface area (Å²) in [6, 6.07) is 3.23. The second kappa shape index (κ2) is 7.17. The molecule has 28 heavy (non-hydrogen) atoms. The predicted molar refractivity (Wildman–Crippen MR) is 93.4 cm³/mol. The van der Waals surface area contributed by atoms with Crippen LogP contribution in [0.3, 0.4) is 0 Å². The number of benzene rings is 1. The molecule has 1 aromatic heterocycles. The van der Waals surface area contributed by atoms with E-state index < -0.39 is 30.0 Å². The van der Waals surface area contributed by atoms with Crippen LogP contribution in [0.15, 0.2) is 30.9 Å². The number of carboxylic acid groups (broad SMARTS) is 1. The summed E-state index contributed by atoms with van der Waals surface area (Å²) in [5.41, 5.74) is 0.284. The zero-order chi connectivity index (χ0) is 19.8. The number of rotatable bonds is 4. The molecular weight excluding hydrogens is 372 g/mol. The van der Waals surface area contributed by atoms with E-state index in [1.54, 1.807) is 0 Å². The van der Waals surface area contributed by atoms with Crippen LogP contribution in [0.4, 0.5) is 13.6 Å². The minimum atomic E-state index is -1.48. The second-order valence-electron chi connectivity index (χ2n) is 7.05. The van der Waals surface area contributed by atoms with Gasteiger partial charge in [0, 0.05) is 18.2 Å². The van der Waals surface area contributed by atoms with E-state index in [2.05, 4.69) is 10.1 Å². The number of carbonyl (C=O) groups excluding carboxylic acids is 1. The van der Waals surface area contributed by atoms with Gasteiger partial charge in [-0.1, -0.05) is 0 Å². The standard InChI is InChI=1S/C18H19F2N5O3/c19-13-7-11(1-4-15(13)24-10-21-9-22-24)17(26)25(12-2-3-12)16-5-6-23(18(27)28)8-14(16)20/h1,4,7,9-10,12,14,16H,2-3,5-6,8H2,(H,27,28)/t14-,16+/m0/s1. The molecule has 1 aromatic carbocycles. The number of alkyl halides is 1. The third-order valence-electron chi connectivity index (χ3n) is 5.17. The Hall–Kier alpha value is -3.04. The van der Waals surface area contributed by atoms with Crippen molar-refractivity contribution in [3.8, 4) is 5.69 Å². The summed E-state index contributed by atoms with van der Waals surface area (Å²) in [5, 5.41) is 12.9. The number of amides is 2. The van der Waals surface area contributed by atoms with Gasteiger partial charge in [-0.25, -0.2) is 23.2 Å². The summed E-state index contributed by atoms with van der Waals surface area (Å²) in [7, 11) is 0. The third-order valence-corrected chi connectivity index (χ3v) is 5.17. The van der Waals surface area contributed by atoms with E-state index in [1.165, 1.54) is 34.4 Å². The van der Waals surface area contributed by atoms with E-state index in [-0.39, 0.29) is 36.8 Å². The Balaban J connectivity index is 1.56. The molecule has 1 N–H and O–H groups in total. The van der Waals surface area contributed by atoms with Gasteiger partial charge in [0.05, 0.1) is 12.6 Å². The highest BCUT2D eigenvalue weighted by molar-refractivity contribution is 5.95. The summed E-state index contributed by atoms with van der Waals surface area (Å²) < 4.78 is 30.5. The normalized spacial score (nSPS) is 22.1. The first-order valence-corrected chi connectivity index (χ1v) is 9.05. The highest BCUT2D eigenvalue weighted by Crippen LogP contribution is 2.34. The lowest BCUT2D eigenvalue weighted by atomic mass is 10.00. The van der Waals surface area contributed by atoms with E-state index >= 15 is 0 Å². The van der Waals surface area contributed by atoms with Crippen molar-refractivity contribution in [2.24, 2.45) is 0 Å². The summed E-state index contributed by atoms with van der Waals surface area (Å²) >= 11 is 0. The highest BCUT2D eigenvalue weighted by atomic mass is 19.1. The number of nitrogens with zero attached hydrogens (tertiary/aromatic N) is 5. The van der Waals surface area contributed by atoms with Gasteiger partial charge in [0.25, 0.3) is 5.91 Å². The molecule has 2 fully saturated rings. The van der Waals surface area contributed by atoms with Gasteiger partial charge in [-0.2, -0.15) is 5.10 Å². The van der Waals surface area contributed by atoms with Crippen molar-refractivity contribution in [3.63, 3.8) is 0 Å². The van der Waals surface area contributed by atoms with Gasteiger partial charge >= 0.3 is 6.09 Å². The first-order valence-electron chi connectivity index (χ1n) is 9.05. The second-order valence-corrected chi connectivity index (χ2v) is 7.05. The molecule has 0 unspecified atom stereocenters. The maximum Gasteiger partial charge on any atom is 0.407 e. The van der Waals surface area contributed by atoms with Crippen molar-refractivity contribution in [1.29, 1.82) is 0 Å². The Kier molecular flexibility index (Phi) is 4.70. The Labute approximate surface area is 159 Å². The zero-order valence-corrected chi connectivity index (χ0v) is 14.9. The summed E-state index contributed by atoms with van der Waals surface area (Å²) in [6.45, 7) is -0.105. The van der Waals surface area contributed by atoms with Crippen molar-refractivity contribution in [2.45, 2.75) is 37.5 Å². The Bertz CT molecular complexity index is 887. The van der Waals surface area contributed by atoms with Crippen LogP contribution in [0.25, 0.3) is 5.69 Å².